The minimum Gasteiger partial charge on any atom is -0.453 e. The Kier molecular flexibility index (Phi) is 7.96. The Morgan fingerprint density at radius 1 is 1.29 bits per heavy atom. The number of aromatic nitrogens is 1. The largest absolute Gasteiger partial charge is 0.453 e. The Hall–Kier alpha value is -2.73. The lowest BCUT2D eigenvalue weighted by Gasteiger charge is -2.08. The highest BCUT2D eigenvalue weighted by atomic mass is 32.2. The highest BCUT2D eigenvalue weighted by Gasteiger charge is 2.32. The first-order chi connectivity index (χ1) is 14.4. The van der Waals surface area contributed by atoms with Crippen molar-refractivity contribution in [1.29, 1.82) is 0 Å². The number of allylic oxidation sites excluding steroid dienone is 2. The number of sulfone groups is 1. The Morgan fingerprint density at radius 3 is 2.61 bits per heavy atom. The molecule has 0 saturated carbocycles. The summed E-state index contributed by atoms with van der Waals surface area (Å²) in [6.07, 6.45) is -1.38. The molecule has 168 valence electrons. The van der Waals surface area contributed by atoms with E-state index in [2.05, 4.69) is 9.98 Å². The summed E-state index contributed by atoms with van der Waals surface area (Å²) in [5.41, 5.74) is 4.62. The molecule has 0 atom stereocenters. The maximum absolute atomic E-state index is 12.9. The van der Waals surface area contributed by atoms with E-state index in [1.165, 1.54) is 30.0 Å². The number of thioether (sulfide) groups is 1. The van der Waals surface area contributed by atoms with E-state index in [1.807, 2.05) is 0 Å². The number of nitrogens with two attached hydrogens (primary N) is 1. The van der Waals surface area contributed by atoms with Gasteiger partial charge in [0.15, 0.2) is 9.84 Å². The van der Waals surface area contributed by atoms with E-state index < -0.39 is 34.2 Å². The van der Waals surface area contributed by atoms with Gasteiger partial charge >= 0.3 is 12.1 Å². The smallest absolute Gasteiger partial charge is 0.430 e. The SMILES string of the molecule is CSCOC(=O)CN=C(/C=C(\N)C(F)(F)F)c1ccc(-c2cccc(S(C)(=O)=O)c2)[nH]1. The van der Waals surface area contributed by atoms with Crippen LogP contribution in [0.4, 0.5) is 13.2 Å². The highest BCUT2D eigenvalue weighted by Crippen LogP contribution is 2.24. The number of halogens is 3. The first-order valence-corrected chi connectivity index (χ1v) is 11.9. The second-order valence-corrected chi connectivity index (χ2v) is 9.14. The number of nitrogens with one attached hydrogen (secondary N) is 1. The third kappa shape index (κ3) is 7.17. The monoisotopic (exact) mass is 475 g/mol. The summed E-state index contributed by atoms with van der Waals surface area (Å²) in [4.78, 5) is 18.6. The van der Waals surface area contributed by atoms with Gasteiger partial charge in [-0.05, 0) is 42.2 Å². The molecule has 0 fully saturated rings. The summed E-state index contributed by atoms with van der Waals surface area (Å²) in [5, 5.41) is 0. The van der Waals surface area contributed by atoms with Gasteiger partial charge in [-0.25, -0.2) is 8.42 Å². The summed E-state index contributed by atoms with van der Waals surface area (Å²) < 4.78 is 67.1. The quantitative estimate of drug-likeness (QED) is 0.344. The van der Waals surface area contributed by atoms with Crippen molar-refractivity contribution in [3.05, 3.63) is 53.9 Å². The fourth-order valence-corrected chi connectivity index (χ4v) is 3.28. The van der Waals surface area contributed by atoms with Crippen LogP contribution in [0.25, 0.3) is 11.3 Å². The van der Waals surface area contributed by atoms with E-state index in [0.717, 1.165) is 6.26 Å². The zero-order chi connectivity index (χ0) is 23.2. The maximum Gasteiger partial charge on any atom is 0.430 e. The van der Waals surface area contributed by atoms with Crippen LogP contribution in [0.15, 0.2) is 58.1 Å². The number of rotatable bonds is 8. The van der Waals surface area contributed by atoms with Gasteiger partial charge in [-0.1, -0.05) is 12.1 Å². The number of benzene rings is 1. The maximum atomic E-state index is 12.9. The Labute approximate surface area is 181 Å². The van der Waals surface area contributed by atoms with Gasteiger partial charge in [-0.3, -0.25) is 9.79 Å². The zero-order valence-corrected chi connectivity index (χ0v) is 18.2. The zero-order valence-electron chi connectivity index (χ0n) is 16.6. The molecule has 0 amide bonds. The van der Waals surface area contributed by atoms with Crippen molar-refractivity contribution in [2.75, 3.05) is 25.0 Å². The van der Waals surface area contributed by atoms with E-state index in [1.54, 1.807) is 24.5 Å². The van der Waals surface area contributed by atoms with Gasteiger partial charge in [0.25, 0.3) is 0 Å². The number of carbonyl (C=O) groups excluding carboxylic acids is 1. The van der Waals surface area contributed by atoms with Gasteiger partial charge in [-0.15, -0.1) is 11.8 Å². The van der Waals surface area contributed by atoms with Crippen LogP contribution in [-0.4, -0.2) is 56.3 Å². The Morgan fingerprint density at radius 2 is 2.00 bits per heavy atom. The molecule has 0 radical (unpaired) electrons. The molecule has 7 nitrogen and oxygen atoms in total. The minimum atomic E-state index is -4.78. The van der Waals surface area contributed by atoms with E-state index >= 15 is 0 Å². The summed E-state index contributed by atoms with van der Waals surface area (Å²) >= 11 is 1.26. The molecule has 12 heteroatoms. The van der Waals surface area contributed by atoms with Gasteiger partial charge in [-0.2, -0.15) is 13.2 Å². The van der Waals surface area contributed by atoms with Crippen molar-refractivity contribution in [3.63, 3.8) is 0 Å². The number of aromatic amines is 1. The molecule has 1 aromatic heterocycles. The van der Waals surface area contributed by atoms with Gasteiger partial charge in [0.2, 0.25) is 0 Å². The second-order valence-electron chi connectivity index (χ2n) is 6.31. The minimum absolute atomic E-state index is 0.0905. The summed E-state index contributed by atoms with van der Waals surface area (Å²) in [7, 11) is -3.44. The van der Waals surface area contributed by atoms with Crippen molar-refractivity contribution >= 4 is 33.3 Å². The predicted octanol–water partition coefficient (Wildman–Crippen LogP) is 3.14. The number of carbonyl (C=O) groups is 1. The van der Waals surface area contributed by atoms with Crippen LogP contribution in [0, 0.1) is 0 Å². The number of alkyl halides is 3. The molecular weight excluding hydrogens is 455 g/mol. The van der Waals surface area contributed by atoms with Gasteiger partial charge in [0, 0.05) is 11.9 Å². The fraction of sp³-hybridized carbons (Fsp3) is 0.263. The van der Waals surface area contributed by atoms with E-state index in [9.17, 15) is 26.4 Å². The van der Waals surface area contributed by atoms with E-state index in [0.29, 0.717) is 17.3 Å². The molecular formula is C19H20F3N3O4S2. The molecule has 0 aliphatic heterocycles. The van der Waals surface area contributed by atoms with Crippen molar-refractivity contribution in [1.82, 2.24) is 4.98 Å². The number of hydrogen-bond donors (Lipinski definition) is 2. The fourth-order valence-electron chi connectivity index (χ4n) is 2.36. The Bertz CT molecular complexity index is 1110. The number of aliphatic imine (C=N–C) groups is 1. The number of hydrogen-bond acceptors (Lipinski definition) is 7. The van der Waals surface area contributed by atoms with Crippen LogP contribution < -0.4 is 5.73 Å². The lowest BCUT2D eigenvalue weighted by Crippen LogP contribution is -2.21. The molecule has 3 N–H and O–H groups in total. The first-order valence-electron chi connectivity index (χ1n) is 8.65. The van der Waals surface area contributed by atoms with E-state index in [4.69, 9.17) is 10.5 Å². The molecule has 31 heavy (non-hydrogen) atoms. The van der Waals surface area contributed by atoms with Crippen LogP contribution in [0.1, 0.15) is 5.69 Å². The summed E-state index contributed by atoms with van der Waals surface area (Å²) in [5.74, 6) is -0.619. The third-order valence-electron chi connectivity index (χ3n) is 3.87. The van der Waals surface area contributed by atoms with Crippen LogP contribution in [0.5, 0.6) is 0 Å². The molecule has 1 heterocycles. The third-order valence-corrected chi connectivity index (χ3v) is 5.33. The number of esters is 1. The molecule has 0 aliphatic rings. The van der Waals surface area contributed by atoms with Crippen molar-refractivity contribution in [2.45, 2.75) is 11.1 Å². The van der Waals surface area contributed by atoms with Crippen molar-refractivity contribution in [3.8, 4) is 11.3 Å². The first kappa shape index (κ1) is 24.5. The topological polar surface area (TPSA) is 115 Å². The van der Waals surface area contributed by atoms with Gasteiger partial charge in [0.1, 0.15) is 18.2 Å². The molecule has 2 aromatic rings. The van der Waals surface area contributed by atoms with Crippen LogP contribution in [0.2, 0.25) is 0 Å². The number of H-pyrrole nitrogens is 1. The molecule has 0 unspecified atom stereocenters. The molecule has 2 rings (SSSR count). The van der Waals surface area contributed by atoms with Gasteiger partial charge < -0.3 is 15.5 Å². The average molecular weight is 476 g/mol. The Balaban J connectivity index is 2.42. The standard InChI is InChI=1S/C19H20F3N3O4S2/c1-30-11-29-18(26)10-24-16(9-17(23)19(20,21)22)15-7-6-14(25-15)12-4-3-5-13(8-12)31(2,27)28/h3-9,25H,10-11,23H2,1-2H3/b17-9-,24-16?. The van der Waals surface area contributed by atoms with Gasteiger partial charge in [0.05, 0.1) is 16.3 Å². The summed E-state index contributed by atoms with van der Waals surface area (Å²) in [6.45, 7) is -0.505. The van der Waals surface area contributed by atoms with Crippen LogP contribution in [-0.2, 0) is 19.4 Å². The molecule has 0 bridgehead atoms. The number of ether oxygens (including phenoxy) is 1. The molecule has 0 aliphatic carbocycles. The average Bonchev–Trinajstić information content (AvgIpc) is 3.18. The highest BCUT2D eigenvalue weighted by molar-refractivity contribution is 7.98. The summed E-state index contributed by atoms with van der Waals surface area (Å²) in [6, 6.07) is 9.06. The predicted molar refractivity (Wildman–Crippen MR) is 114 cm³/mol. The molecule has 1 aromatic carbocycles. The van der Waals surface area contributed by atoms with Crippen molar-refractivity contribution < 1.29 is 31.1 Å². The lowest BCUT2D eigenvalue weighted by atomic mass is 10.2. The second kappa shape index (κ2) is 10.1. The normalized spacial score (nSPS) is 13.3. The van der Waals surface area contributed by atoms with E-state index in [-0.39, 0.29) is 22.2 Å². The van der Waals surface area contributed by atoms with Crippen LogP contribution >= 0.6 is 11.8 Å². The number of nitrogens with zero attached hydrogens (tertiary/aromatic N) is 1. The molecule has 0 spiro atoms. The van der Waals surface area contributed by atoms with Crippen LogP contribution in [0.3, 0.4) is 0 Å². The lowest BCUT2D eigenvalue weighted by molar-refractivity contribution is -0.139. The molecule has 0 saturated heterocycles. The van der Waals surface area contributed by atoms with Crippen molar-refractivity contribution in [2.24, 2.45) is 10.7 Å².